The highest BCUT2D eigenvalue weighted by Gasteiger charge is 2.35. The summed E-state index contributed by atoms with van der Waals surface area (Å²) in [5, 5.41) is 8.81. The van der Waals surface area contributed by atoms with Crippen molar-refractivity contribution in [1.82, 2.24) is 24.8 Å². The number of amides is 1. The van der Waals surface area contributed by atoms with E-state index in [-0.39, 0.29) is 11.8 Å². The van der Waals surface area contributed by atoms with Gasteiger partial charge in [-0.15, -0.1) is 0 Å². The van der Waals surface area contributed by atoms with Crippen molar-refractivity contribution in [1.29, 1.82) is 0 Å². The quantitative estimate of drug-likeness (QED) is 0.848. The Hall–Kier alpha value is -1.89. The molecular weight excluding hydrogens is 330 g/mol. The van der Waals surface area contributed by atoms with Gasteiger partial charge < -0.3 is 9.42 Å². The van der Waals surface area contributed by atoms with Gasteiger partial charge in [0, 0.05) is 25.6 Å². The first-order chi connectivity index (χ1) is 11.6. The number of carbonyl (C=O) groups excluding carboxylic acids is 1. The predicted molar refractivity (Wildman–Crippen MR) is 87.2 cm³/mol. The Kier molecular flexibility index (Phi) is 3.83. The Labute approximate surface area is 145 Å². The molecule has 24 heavy (non-hydrogen) atoms. The third kappa shape index (κ3) is 2.60. The van der Waals surface area contributed by atoms with Gasteiger partial charge in [0.25, 0.3) is 5.91 Å². The molecule has 0 spiro atoms. The largest absolute Gasteiger partial charge is 0.339 e. The van der Waals surface area contributed by atoms with Crippen LogP contribution in [0.25, 0.3) is 0 Å². The molecule has 0 bridgehead atoms. The van der Waals surface area contributed by atoms with Crippen molar-refractivity contribution in [3.63, 3.8) is 0 Å². The number of rotatable bonds is 4. The van der Waals surface area contributed by atoms with Crippen molar-refractivity contribution >= 4 is 17.5 Å². The third-order valence-electron chi connectivity index (χ3n) is 4.80. The van der Waals surface area contributed by atoms with Crippen LogP contribution in [0.15, 0.2) is 4.52 Å². The van der Waals surface area contributed by atoms with E-state index in [2.05, 4.69) is 15.2 Å². The highest BCUT2D eigenvalue weighted by Crippen LogP contribution is 2.39. The monoisotopic (exact) mass is 349 g/mol. The van der Waals surface area contributed by atoms with E-state index in [1.54, 1.807) is 4.68 Å². The molecule has 3 heterocycles. The molecule has 8 heteroatoms. The Morgan fingerprint density at radius 1 is 1.33 bits per heavy atom. The van der Waals surface area contributed by atoms with E-state index in [0.717, 1.165) is 25.1 Å². The minimum Gasteiger partial charge on any atom is -0.339 e. The second kappa shape index (κ2) is 5.88. The normalized spacial score (nSPS) is 20.8. The number of likely N-dealkylation sites (tertiary alicyclic amines) is 1. The average molecular weight is 350 g/mol. The molecular formula is C16H20ClN5O2. The van der Waals surface area contributed by atoms with Gasteiger partial charge in [0.05, 0.1) is 17.2 Å². The fourth-order valence-corrected chi connectivity index (χ4v) is 3.61. The van der Waals surface area contributed by atoms with Gasteiger partial charge in [-0.05, 0) is 33.1 Å². The highest BCUT2D eigenvalue weighted by molar-refractivity contribution is 6.33. The fourth-order valence-electron chi connectivity index (χ4n) is 3.23. The van der Waals surface area contributed by atoms with Gasteiger partial charge in [-0.1, -0.05) is 16.8 Å². The molecule has 128 valence electrons. The van der Waals surface area contributed by atoms with Gasteiger partial charge in [0.2, 0.25) is 5.89 Å². The molecule has 0 unspecified atom stereocenters. The second-order valence-electron chi connectivity index (χ2n) is 6.57. The standard InChI is InChI=1S/C16H20ClN5O2/c1-3-22-13(17)12(9(2)19-22)16(23)21-7-6-11(8-21)15-18-14(20-24-15)10-4-5-10/h10-11H,3-8H2,1-2H3/t11-/m1/s1. The maximum absolute atomic E-state index is 12.8. The minimum atomic E-state index is -0.0679. The number of hydrogen-bond acceptors (Lipinski definition) is 5. The zero-order valence-electron chi connectivity index (χ0n) is 13.8. The van der Waals surface area contributed by atoms with Crippen LogP contribution in [-0.2, 0) is 6.54 Å². The number of carbonyl (C=O) groups is 1. The third-order valence-corrected chi connectivity index (χ3v) is 5.19. The summed E-state index contributed by atoms with van der Waals surface area (Å²) in [6.07, 6.45) is 3.12. The van der Waals surface area contributed by atoms with E-state index in [1.807, 2.05) is 18.7 Å². The molecule has 2 aliphatic rings. The number of hydrogen-bond donors (Lipinski definition) is 0. The molecule has 0 radical (unpaired) electrons. The molecule has 2 aromatic heterocycles. The van der Waals surface area contributed by atoms with Gasteiger partial charge in [0.1, 0.15) is 5.15 Å². The van der Waals surface area contributed by atoms with E-state index in [0.29, 0.717) is 47.9 Å². The van der Waals surface area contributed by atoms with Gasteiger partial charge in [-0.25, -0.2) is 0 Å². The highest BCUT2D eigenvalue weighted by atomic mass is 35.5. The summed E-state index contributed by atoms with van der Waals surface area (Å²) in [7, 11) is 0. The van der Waals surface area contributed by atoms with Gasteiger partial charge in [-0.2, -0.15) is 10.1 Å². The smallest absolute Gasteiger partial charge is 0.258 e. The van der Waals surface area contributed by atoms with Crippen molar-refractivity contribution in [2.45, 2.75) is 51.5 Å². The van der Waals surface area contributed by atoms with E-state index in [1.165, 1.54) is 0 Å². The molecule has 2 aromatic rings. The SMILES string of the molecule is CCn1nc(C)c(C(=O)N2CC[C@@H](c3nc(C4CC4)no3)C2)c1Cl. The lowest BCUT2D eigenvalue weighted by molar-refractivity contribution is 0.0789. The van der Waals surface area contributed by atoms with Crippen LogP contribution in [0.2, 0.25) is 5.15 Å². The zero-order valence-corrected chi connectivity index (χ0v) is 14.6. The van der Waals surface area contributed by atoms with Gasteiger partial charge in [0.15, 0.2) is 5.82 Å². The summed E-state index contributed by atoms with van der Waals surface area (Å²) in [6.45, 7) is 5.65. The molecule has 1 saturated heterocycles. The predicted octanol–water partition coefficient (Wildman–Crippen LogP) is 2.75. The van der Waals surface area contributed by atoms with E-state index in [9.17, 15) is 4.79 Å². The second-order valence-corrected chi connectivity index (χ2v) is 6.93. The molecule has 1 aliphatic heterocycles. The van der Waals surface area contributed by atoms with Gasteiger partial charge in [-0.3, -0.25) is 9.48 Å². The first kappa shape index (κ1) is 15.6. The Bertz CT molecular complexity index is 780. The van der Waals surface area contributed by atoms with E-state index in [4.69, 9.17) is 16.1 Å². The van der Waals surface area contributed by atoms with Crippen LogP contribution in [0.4, 0.5) is 0 Å². The first-order valence-corrected chi connectivity index (χ1v) is 8.82. The van der Waals surface area contributed by atoms with Crippen LogP contribution >= 0.6 is 11.6 Å². The van der Waals surface area contributed by atoms with E-state index >= 15 is 0 Å². The zero-order chi connectivity index (χ0) is 16.8. The van der Waals surface area contributed by atoms with Crippen LogP contribution in [-0.4, -0.2) is 43.8 Å². The van der Waals surface area contributed by atoms with Crippen LogP contribution < -0.4 is 0 Å². The molecule has 2 fully saturated rings. The average Bonchev–Trinajstić information content (AvgIpc) is 3.00. The molecule has 1 amide bonds. The summed E-state index contributed by atoms with van der Waals surface area (Å²) >= 11 is 6.31. The Morgan fingerprint density at radius 3 is 2.79 bits per heavy atom. The molecule has 7 nitrogen and oxygen atoms in total. The Balaban J connectivity index is 1.49. The van der Waals surface area contributed by atoms with Crippen molar-refractivity contribution in [2.75, 3.05) is 13.1 Å². The van der Waals surface area contributed by atoms with Crippen LogP contribution in [0.3, 0.4) is 0 Å². The van der Waals surface area contributed by atoms with Crippen molar-refractivity contribution in [3.8, 4) is 0 Å². The van der Waals surface area contributed by atoms with Crippen LogP contribution in [0.1, 0.15) is 65.8 Å². The number of aryl methyl sites for hydroxylation is 2. The first-order valence-electron chi connectivity index (χ1n) is 8.44. The molecule has 1 saturated carbocycles. The number of halogens is 1. The van der Waals surface area contributed by atoms with Gasteiger partial charge >= 0.3 is 0 Å². The molecule has 0 N–H and O–H groups in total. The lowest BCUT2D eigenvalue weighted by Crippen LogP contribution is -2.29. The molecule has 1 aliphatic carbocycles. The van der Waals surface area contributed by atoms with Crippen LogP contribution in [0, 0.1) is 6.92 Å². The summed E-state index contributed by atoms with van der Waals surface area (Å²) in [6, 6.07) is 0. The maximum Gasteiger partial charge on any atom is 0.258 e. The lowest BCUT2D eigenvalue weighted by Gasteiger charge is -2.15. The van der Waals surface area contributed by atoms with Crippen LogP contribution in [0.5, 0.6) is 0 Å². The summed E-state index contributed by atoms with van der Waals surface area (Å²) < 4.78 is 7.06. The molecule has 0 aromatic carbocycles. The summed E-state index contributed by atoms with van der Waals surface area (Å²) in [4.78, 5) is 19.2. The van der Waals surface area contributed by atoms with Crippen molar-refractivity contribution in [2.24, 2.45) is 0 Å². The minimum absolute atomic E-state index is 0.0679. The Morgan fingerprint density at radius 2 is 2.12 bits per heavy atom. The molecule has 4 rings (SSSR count). The van der Waals surface area contributed by atoms with Crippen molar-refractivity contribution in [3.05, 3.63) is 28.1 Å². The number of nitrogens with zero attached hydrogens (tertiary/aromatic N) is 5. The topological polar surface area (TPSA) is 77.1 Å². The van der Waals surface area contributed by atoms with Crippen molar-refractivity contribution < 1.29 is 9.32 Å². The fraction of sp³-hybridized carbons (Fsp3) is 0.625. The number of aromatic nitrogens is 4. The van der Waals surface area contributed by atoms with E-state index < -0.39 is 0 Å². The summed E-state index contributed by atoms with van der Waals surface area (Å²) in [5.74, 6) is 1.98. The maximum atomic E-state index is 12.8. The summed E-state index contributed by atoms with van der Waals surface area (Å²) in [5.41, 5.74) is 1.17. The lowest BCUT2D eigenvalue weighted by atomic mass is 10.1. The molecule has 1 atom stereocenters.